The first kappa shape index (κ1) is 24.7. The number of fused-ring (bicyclic) bond motifs is 3. The number of ether oxygens (including phenoxy) is 2. The lowest BCUT2D eigenvalue weighted by Gasteiger charge is -2.42. The van der Waals surface area contributed by atoms with Crippen molar-refractivity contribution in [2.45, 2.75) is 57.7 Å². The smallest absolute Gasteiger partial charge is 0.410 e. The van der Waals surface area contributed by atoms with Crippen LogP contribution < -0.4 is 9.64 Å². The molecular weight excluding hydrogens is 463 g/mol. The molecule has 11 heteroatoms. The molecule has 2 bridgehead atoms. The number of carbonyl (C=O) groups excluding carboxylic acids is 1. The molecule has 2 aliphatic rings. The third-order valence-electron chi connectivity index (χ3n) is 5.97. The van der Waals surface area contributed by atoms with E-state index in [1.807, 2.05) is 39.8 Å². The van der Waals surface area contributed by atoms with E-state index < -0.39 is 11.4 Å². The minimum absolute atomic E-state index is 0.0202. The molecule has 2 unspecified atom stereocenters. The van der Waals surface area contributed by atoms with Gasteiger partial charge in [0.1, 0.15) is 16.9 Å². The van der Waals surface area contributed by atoms with E-state index in [0.29, 0.717) is 30.9 Å². The van der Waals surface area contributed by atoms with E-state index in [4.69, 9.17) is 21.1 Å². The number of rotatable bonds is 6. The summed E-state index contributed by atoms with van der Waals surface area (Å²) in [5.41, 5.74) is -0.479. The van der Waals surface area contributed by atoms with Crippen LogP contribution in [0.25, 0.3) is 10.9 Å². The highest BCUT2D eigenvalue weighted by molar-refractivity contribution is 6.30. The van der Waals surface area contributed by atoms with Crippen LogP contribution in [0.3, 0.4) is 0 Å². The van der Waals surface area contributed by atoms with Crippen LogP contribution in [-0.4, -0.2) is 88.9 Å². The number of amides is 1. The van der Waals surface area contributed by atoms with Gasteiger partial charge in [0.2, 0.25) is 0 Å². The van der Waals surface area contributed by atoms with E-state index in [1.165, 1.54) is 6.20 Å². The van der Waals surface area contributed by atoms with E-state index in [0.717, 1.165) is 25.8 Å². The average molecular weight is 495 g/mol. The molecule has 0 spiro atoms. The van der Waals surface area contributed by atoms with Gasteiger partial charge in [0.25, 0.3) is 0 Å². The fourth-order valence-electron chi connectivity index (χ4n) is 4.54. The third kappa shape index (κ3) is 5.27. The Morgan fingerprint density at radius 1 is 1.24 bits per heavy atom. The minimum Gasteiger partial charge on any atom is -0.463 e. The second-order valence-electron chi connectivity index (χ2n) is 10.1. The van der Waals surface area contributed by atoms with Gasteiger partial charge in [-0.05, 0) is 54.1 Å². The molecule has 1 amide bonds. The molecule has 2 atom stereocenters. The topological polar surface area (TPSA) is 83.9 Å². The highest BCUT2D eigenvalue weighted by atomic mass is 35.5. The maximum Gasteiger partial charge on any atom is 0.410 e. The molecule has 0 radical (unpaired) electrons. The first-order valence-corrected chi connectivity index (χ1v) is 12.0. The van der Waals surface area contributed by atoms with Crippen molar-refractivity contribution in [1.82, 2.24) is 24.8 Å². The molecule has 2 aromatic heterocycles. The van der Waals surface area contributed by atoms with Crippen molar-refractivity contribution in [2.24, 2.45) is 0 Å². The van der Waals surface area contributed by atoms with Gasteiger partial charge < -0.3 is 19.3 Å². The second kappa shape index (κ2) is 9.65. The van der Waals surface area contributed by atoms with Crippen LogP contribution in [-0.2, 0) is 4.74 Å². The predicted octanol–water partition coefficient (Wildman–Crippen LogP) is 3.74. The zero-order valence-corrected chi connectivity index (χ0v) is 21.1. The molecule has 34 heavy (non-hydrogen) atoms. The zero-order valence-electron chi connectivity index (χ0n) is 20.3. The fraction of sp³-hybridized carbons (Fsp3) is 0.652. The number of anilines is 1. The van der Waals surface area contributed by atoms with Gasteiger partial charge in [0.15, 0.2) is 11.0 Å². The number of nitrogens with zero attached hydrogens (tertiary/aromatic N) is 6. The highest BCUT2D eigenvalue weighted by Gasteiger charge is 2.45. The lowest BCUT2D eigenvalue weighted by Crippen LogP contribution is -2.57. The number of aromatic nitrogens is 3. The largest absolute Gasteiger partial charge is 0.463 e. The number of halogens is 2. The molecule has 4 rings (SSSR count). The quantitative estimate of drug-likeness (QED) is 0.443. The van der Waals surface area contributed by atoms with Crippen LogP contribution >= 0.6 is 11.6 Å². The van der Waals surface area contributed by atoms with Crippen LogP contribution in [0.2, 0.25) is 5.15 Å². The Bertz CT molecular complexity index is 1050. The van der Waals surface area contributed by atoms with Crippen molar-refractivity contribution < 1.29 is 18.7 Å². The van der Waals surface area contributed by atoms with Crippen molar-refractivity contribution in [1.29, 1.82) is 0 Å². The minimum atomic E-state index is -0.698. The molecule has 2 saturated heterocycles. The molecule has 2 fully saturated rings. The molecule has 9 nitrogen and oxygen atoms in total. The molecule has 2 aromatic rings. The first-order chi connectivity index (χ1) is 16.0. The summed E-state index contributed by atoms with van der Waals surface area (Å²) in [5.74, 6) is -0.160. The van der Waals surface area contributed by atoms with Crippen LogP contribution in [0.1, 0.15) is 40.0 Å². The van der Waals surface area contributed by atoms with E-state index in [-0.39, 0.29) is 34.9 Å². The normalized spacial score (nSPS) is 20.4. The summed E-state index contributed by atoms with van der Waals surface area (Å²) in [6, 6.07) is 0.0608. The maximum atomic E-state index is 14.9. The fourth-order valence-corrected chi connectivity index (χ4v) is 4.68. The summed E-state index contributed by atoms with van der Waals surface area (Å²) < 4.78 is 26.3. The highest BCUT2D eigenvalue weighted by Crippen LogP contribution is 2.36. The van der Waals surface area contributed by atoms with Crippen molar-refractivity contribution in [3.05, 3.63) is 17.2 Å². The van der Waals surface area contributed by atoms with Crippen LogP contribution in [0.15, 0.2) is 6.20 Å². The molecule has 0 aliphatic carbocycles. The lowest BCUT2D eigenvalue weighted by atomic mass is 10.1. The number of carbonyl (C=O) groups is 1. The van der Waals surface area contributed by atoms with Crippen LogP contribution in [0, 0.1) is 5.82 Å². The summed E-state index contributed by atoms with van der Waals surface area (Å²) in [6.07, 6.45) is 3.72. The Morgan fingerprint density at radius 3 is 2.53 bits per heavy atom. The summed E-state index contributed by atoms with van der Waals surface area (Å²) in [4.78, 5) is 31.7. The van der Waals surface area contributed by atoms with Gasteiger partial charge in [-0.2, -0.15) is 9.97 Å². The SMILES string of the molecule is CN(C)CCCOc1nc(N2CC3CCC(C2)N3C(=O)OC(C)(C)C)c2cnc(Cl)c(F)c2n1. The van der Waals surface area contributed by atoms with Crippen molar-refractivity contribution in [3.63, 3.8) is 0 Å². The Hall–Kier alpha value is -2.46. The monoisotopic (exact) mass is 494 g/mol. The van der Waals surface area contributed by atoms with E-state index >= 15 is 0 Å². The van der Waals surface area contributed by atoms with Crippen molar-refractivity contribution >= 4 is 34.4 Å². The van der Waals surface area contributed by atoms with Crippen molar-refractivity contribution in [2.75, 3.05) is 45.2 Å². The number of piperazine rings is 1. The predicted molar refractivity (Wildman–Crippen MR) is 128 cm³/mol. The van der Waals surface area contributed by atoms with E-state index in [9.17, 15) is 9.18 Å². The summed E-state index contributed by atoms with van der Waals surface area (Å²) >= 11 is 5.94. The third-order valence-corrected chi connectivity index (χ3v) is 6.23. The molecular formula is C23H32ClFN6O3. The zero-order chi connectivity index (χ0) is 24.6. The van der Waals surface area contributed by atoms with Gasteiger partial charge in [-0.3, -0.25) is 4.90 Å². The summed E-state index contributed by atoms with van der Waals surface area (Å²) in [6.45, 7) is 7.94. The average Bonchev–Trinajstić information content (AvgIpc) is 3.02. The van der Waals surface area contributed by atoms with Gasteiger partial charge in [0.05, 0.1) is 24.1 Å². The molecule has 0 aromatic carbocycles. The van der Waals surface area contributed by atoms with E-state index in [1.54, 1.807) is 0 Å². The second-order valence-corrected chi connectivity index (χ2v) is 10.5. The summed E-state index contributed by atoms with van der Waals surface area (Å²) in [7, 11) is 3.97. The Morgan fingerprint density at radius 2 is 1.91 bits per heavy atom. The van der Waals surface area contributed by atoms with Crippen LogP contribution in [0.5, 0.6) is 6.01 Å². The Labute approximate surface area is 204 Å². The van der Waals surface area contributed by atoms with Gasteiger partial charge >= 0.3 is 12.1 Å². The molecule has 2 aliphatic heterocycles. The van der Waals surface area contributed by atoms with Crippen LogP contribution in [0.4, 0.5) is 15.0 Å². The van der Waals surface area contributed by atoms with Gasteiger partial charge in [-0.15, -0.1) is 0 Å². The molecule has 0 saturated carbocycles. The maximum absolute atomic E-state index is 14.9. The van der Waals surface area contributed by atoms with Gasteiger partial charge in [-0.1, -0.05) is 11.6 Å². The first-order valence-electron chi connectivity index (χ1n) is 11.6. The number of hydrogen-bond acceptors (Lipinski definition) is 8. The van der Waals surface area contributed by atoms with Crippen molar-refractivity contribution in [3.8, 4) is 6.01 Å². The molecule has 0 N–H and O–H groups in total. The number of pyridine rings is 1. The van der Waals surface area contributed by atoms with E-state index in [2.05, 4.69) is 24.8 Å². The number of hydrogen-bond donors (Lipinski definition) is 0. The lowest BCUT2D eigenvalue weighted by molar-refractivity contribution is 0.0123. The Balaban J connectivity index is 1.61. The Kier molecular flexibility index (Phi) is 7.00. The summed E-state index contributed by atoms with van der Waals surface area (Å²) in [5, 5.41) is 0.221. The molecule has 4 heterocycles. The standard InChI is InChI=1S/C23H32ClFN6O3/c1-23(2,3)34-22(32)31-14-7-8-15(31)13-30(12-14)20-16-11-26-19(24)17(25)18(16)27-21(28-20)33-10-6-9-29(4)5/h11,14-15H,6-10,12-13H2,1-5H3. The molecule has 186 valence electrons. The van der Waals surface area contributed by atoms with Gasteiger partial charge in [-0.25, -0.2) is 14.2 Å². The van der Waals surface area contributed by atoms with Gasteiger partial charge in [0, 0.05) is 25.8 Å².